The molecule has 0 bridgehead atoms. The minimum absolute atomic E-state index is 0.0682. The Morgan fingerprint density at radius 2 is 1.65 bits per heavy atom. The molecule has 4 heteroatoms. The maximum absolute atomic E-state index is 13.0. The van der Waals surface area contributed by atoms with Gasteiger partial charge in [-0.1, -0.05) is 47.0 Å². The predicted molar refractivity (Wildman–Crippen MR) is 90.9 cm³/mol. The van der Waals surface area contributed by atoms with Gasteiger partial charge in [0.2, 0.25) is 5.91 Å². The van der Waals surface area contributed by atoms with Crippen LogP contribution in [0, 0.1) is 17.3 Å². The van der Waals surface area contributed by atoms with Crippen LogP contribution >= 0.6 is 0 Å². The Bertz CT molecular complexity index is 438. The molecule has 0 unspecified atom stereocenters. The summed E-state index contributed by atoms with van der Waals surface area (Å²) >= 11 is 0. The lowest BCUT2D eigenvalue weighted by Gasteiger charge is -2.55. The number of ether oxygens (including phenoxy) is 1. The van der Waals surface area contributed by atoms with Crippen molar-refractivity contribution in [3.63, 3.8) is 0 Å². The van der Waals surface area contributed by atoms with Gasteiger partial charge in [0, 0.05) is 17.4 Å². The maximum Gasteiger partial charge on any atom is 0.329 e. The van der Waals surface area contributed by atoms with Crippen LogP contribution in [0.4, 0.5) is 0 Å². The number of hydrogen-bond acceptors (Lipinski definition) is 3. The summed E-state index contributed by atoms with van der Waals surface area (Å²) in [6, 6.07) is -0.259. The zero-order chi connectivity index (χ0) is 17.2. The molecule has 0 aromatic carbocycles. The Morgan fingerprint density at radius 3 is 2.13 bits per heavy atom. The third kappa shape index (κ3) is 3.41. The van der Waals surface area contributed by atoms with E-state index >= 15 is 0 Å². The second-order valence-corrected chi connectivity index (χ2v) is 8.10. The fourth-order valence-corrected chi connectivity index (χ4v) is 4.70. The van der Waals surface area contributed by atoms with Crippen molar-refractivity contribution in [2.45, 2.75) is 84.7 Å². The third-order valence-electron chi connectivity index (χ3n) is 5.95. The van der Waals surface area contributed by atoms with E-state index in [1.807, 2.05) is 18.7 Å². The zero-order valence-electron chi connectivity index (χ0n) is 15.4. The molecule has 23 heavy (non-hydrogen) atoms. The molecule has 4 nitrogen and oxygen atoms in total. The maximum atomic E-state index is 13.0. The van der Waals surface area contributed by atoms with Crippen molar-refractivity contribution in [1.82, 2.24) is 4.90 Å². The first-order valence-corrected chi connectivity index (χ1v) is 9.24. The molecule has 1 amide bonds. The number of carbonyl (C=O) groups excluding carboxylic acids is 2. The van der Waals surface area contributed by atoms with Crippen LogP contribution in [0.3, 0.4) is 0 Å². The highest BCUT2D eigenvalue weighted by atomic mass is 16.5. The number of hydrogen-bond donors (Lipinski definition) is 0. The van der Waals surface area contributed by atoms with Crippen molar-refractivity contribution >= 4 is 11.9 Å². The van der Waals surface area contributed by atoms with E-state index in [9.17, 15) is 9.59 Å². The van der Waals surface area contributed by atoms with Gasteiger partial charge in [-0.25, -0.2) is 4.79 Å². The van der Waals surface area contributed by atoms with Gasteiger partial charge in [0.15, 0.2) is 0 Å². The molecule has 1 saturated heterocycles. The number of carbonyl (C=O) groups is 2. The molecule has 2 fully saturated rings. The average molecular weight is 323 g/mol. The molecule has 0 radical (unpaired) electrons. The number of nitrogens with zero attached hydrogens (tertiary/aromatic N) is 1. The molecule has 1 heterocycles. The van der Waals surface area contributed by atoms with Crippen molar-refractivity contribution < 1.29 is 14.3 Å². The van der Waals surface area contributed by atoms with Crippen LogP contribution in [-0.4, -0.2) is 36.0 Å². The Morgan fingerprint density at radius 1 is 1.04 bits per heavy atom. The van der Waals surface area contributed by atoms with E-state index in [4.69, 9.17) is 4.74 Å². The van der Waals surface area contributed by atoms with E-state index in [2.05, 4.69) is 13.8 Å². The first-order valence-electron chi connectivity index (χ1n) is 9.24. The van der Waals surface area contributed by atoms with Crippen LogP contribution in [0.5, 0.6) is 0 Å². The number of methoxy groups -OCH3 is 1. The van der Waals surface area contributed by atoms with Crippen LogP contribution < -0.4 is 0 Å². The topological polar surface area (TPSA) is 46.6 Å². The molecule has 2 atom stereocenters. The van der Waals surface area contributed by atoms with Crippen molar-refractivity contribution in [3.05, 3.63) is 0 Å². The van der Waals surface area contributed by atoms with Gasteiger partial charge in [0.05, 0.1) is 7.11 Å². The highest BCUT2D eigenvalue weighted by Gasteiger charge is 2.54. The van der Waals surface area contributed by atoms with Crippen molar-refractivity contribution in [2.75, 3.05) is 7.11 Å². The summed E-state index contributed by atoms with van der Waals surface area (Å²) in [5.74, 6) is 0.142. The largest absolute Gasteiger partial charge is 0.467 e. The quantitative estimate of drug-likeness (QED) is 0.743. The zero-order valence-corrected chi connectivity index (χ0v) is 15.4. The molecule has 0 aromatic heterocycles. The Kier molecular flexibility index (Phi) is 5.74. The lowest BCUT2D eigenvalue weighted by Crippen LogP contribution is -2.64. The van der Waals surface area contributed by atoms with E-state index in [1.165, 1.54) is 13.5 Å². The van der Waals surface area contributed by atoms with Gasteiger partial charge in [0.25, 0.3) is 0 Å². The van der Waals surface area contributed by atoms with Crippen molar-refractivity contribution in [2.24, 2.45) is 17.3 Å². The monoisotopic (exact) mass is 323 g/mol. The second kappa shape index (κ2) is 7.23. The summed E-state index contributed by atoms with van der Waals surface area (Å²) in [6.07, 6.45) is 7.68. The SMILES string of the molecule is COC(=O)[C@@H]1N(C(=O)C(C)C)[C@@H](C(C)C)CCC12CCCCC2. The highest BCUT2D eigenvalue weighted by Crippen LogP contribution is 2.50. The van der Waals surface area contributed by atoms with E-state index in [1.54, 1.807) is 0 Å². The standard InChI is InChI=1S/C19H33NO3/c1-13(2)15-9-12-19(10-7-6-8-11-19)16(18(22)23-5)20(15)17(21)14(3)4/h13-16H,6-12H2,1-5H3/t15-,16+/m1/s1. The fraction of sp³-hybridized carbons (Fsp3) is 0.895. The summed E-state index contributed by atoms with van der Waals surface area (Å²) in [4.78, 5) is 27.6. The lowest BCUT2D eigenvalue weighted by atomic mass is 9.62. The van der Waals surface area contributed by atoms with Crippen LogP contribution in [0.25, 0.3) is 0 Å². The fourth-order valence-electron chi connectivity index (χ4n) is 4.70. The van der Waals surface area contributed by atoms with Crippen molar-refractivity contribution in [1.29, 1.82) is 0 Å². The van der Waals surface area contributed by atoms with Gasteiger partial charge in [-0.15, -0.1) is 0 Å². The number of likely N-dealkylation sites (tertiary alicyclic amines) is 1. The molecule has 1 saturated carbocycles. The number of amides is 1. The van der Waals surface area contributed by atoms with Gasteiger partial charge in [-0.2, -0.15) is 0 Å². The van der Waals surface area contributed by atoms with E-state index in [0.29, 0.717) is 5.92 Å². The summed E-state index contributed by atoms with van der Waals surface area (Å²) in [7, 11) is 1.45. The molecular formula is C19H33NO3. The average Bonchev–Trinajstić information content (AvgIpc) is 2.53. The molecule has 1 spiro atoms. The summed E-state index contributed by atoms with van der Waals surface area (Å²) in [5.41, 5.74) is -0.0682. The van der Waals surface area contributed by atoms with E-state index in [-0.39, 0.29) is 29.3 Å². The number of esters is 1. The Labute approximate surface area is 140 Å². The molecule has 1 aliphatic heterocycles. The minimum atomic E-state index is -0.399. The molecule has 132 valence electrons. The smallest absolute Gasteiger partial charge is 0.329 e. The summed E-state index contributed by atoms with van der Waals surface area (Å²) < 4.78 is 5.17. The number of rotatable bonds is 3. The predicted octanol–water partition coefficient (Wildman–Crippen LogP) is 3.78. The Balaban J connectivity index is 2.45. The molecule has 2 aliphatic rings. The first-order chi connectivity index (χ1) is 10.8. The van der Waals surface area contributed by atoms with Gasteiger partial charge in [-0.3, -0.25) is 4.79 Å². The van der Waals surface area contributed by atoms with Gasteiger partial charge in [-0.05, 0) is 31.6 Å². The molecule has 1 aliphatic carbocycles. The van der Waals surface area contributed by atoms with Gasteiger partial charge in [0.1, 0.15) is 6.04 Å². The van der Waals surface area contributed by atoms with Gasteiger partial charge < -0.3 is 9.64 Å². The van der Waals surface area contributed by atoms with Crippen LogP contribution in [0.1, 0.15) is 72.6 Å². The normalized spacial score (nSPS) is 27.5. The molecular weight excluding hydrogens is 290 g/mol. The second-order valence-electron chi connectivity index (χ2n) is 8.10. The van der Waals surface area contributed by atoms with E-state index in [0.717, 1.165) is 38.5 Å². The molecule has 0 aromatic rings. The van der Waals surface area contributed by atoms with Gasteiger partial charge >= 0.3 is 5.97 Å². The molecule has 2 rings (SSSR count). The van der Waals surface area contributed by atoms with E-state index < -0.39 is 6.04 Å². The lowest BCUT2D eigenvalue weighted by molar-refractivity contribution is -0.172. The first kappa shape index (κ1) is 18.3. The Hall–Kier alpha value is -1.06. The van der Waals surface area contributed by atoms with Crippen LogP contribution in [0.2, 0.25) is 0 Å². The van der Waals surface area contributed by atoms with Crippen LogP contribution in [-0.2, 0) is 14.3 Å². The minimum Gasteiger partial charge on any atom is -0.467 e. The highest BCUT2D eigenvalue weighted by molar-refractivity contribution is 5.86. The third-order valence-corrected chi connectivity index (χ3v) is 5.95. The van der Waals surface area contributed by atoms with Crippen LogP contribution in [0.15, 0.2) is 0 Å². The summed E-state index contributed by atoms with van der Waals surface area (Å²) in [6.45, 7) is 8.16. The summed E-state index contributed by atoms with van der Waals surface area (Å²) in [5, 5.41) is 0. The number of piperidine rings is 1. The molecule has 0 N–H and O–H groups in total. The van der Waals surface area contributed by atoms with Crippen molar-refractivity contribution in [3.8, 4) is 0 Å².